The summed E-state index contributed by atoms with van der Waals surface area (Å²) in [4.78, 5) is 43.9. The Hall–Kier alpha value is -4.02. The minimum absolute atomic E-state index is 0.0580. The molecule has 1 saturated carbocycles. The maximum absolute atomic E-state index is 13.3. The highest BCUT2D eigenvalue weighted by Gasteiger charge is 2.46. The summed E-state index contributed by atoms with van der Waals surface area (Å²) < 4.78 is 16.1. The Balaban J connectivity index is 1.51. The Kier molecular flexibility index (Phi) is 5.85. The van der Waals surface area contributed by atoms with Crippen LogP contribution in [0.3, 0.4) is 0 Å². The number of nitrogens with zero attached hydrogens (tertiary/aromatic N) is 4. The van der Waals surface area contributed by atoms with Crippen LogP contribution in [0.1, 0.15) is 63.7 Å². The molecule has 2 aromatic heterocycles. The second-order valence-corrected chi connectivity index (χ2v) is 9.63. The van der Waals surface area contributed by atoms with Gasteiger partial charge in [-0.1, -0.05) is 12.1 Å². The molecule has 11 heteroatoms. The number of hydrogen-bond acceptors (Lipinski definition) is 6. The highest BCUT2D eigenvalue weighted by atomic mass is 19.1. The number of benzene rings is 1. The van der Waals surface area contributed by atoms with Gasteiger partial charge in [0.25, 0.3) is 17.4 Å². The smallest absolute Gasteiger partial charge is 0.296 e. The summed E-state index contributed by atoms with van der Waals surface area (Å²) in [5, 5.41) is 20.6. The number of fused-ring (bicyclic) bond motifs is 2. The molecule has 36 heavy (non-hydrogen) atoms. The molecule has 3 aromatic rings. The van der Waals surface area contributed by atoms with Gasteiger partial charge in [-0.05, 0) is 62.3 Å². The number of aromatic nitrogens is 4. The Morgan fingerprint density at radius 3 is 2.53 bits per heavy atom. The fraction of sp³-hybridized carbons (Fsp3) is 0.400. The average Bonchev–Trinajstić information content (AvgIpc) is 3.03. The van der Waals surface area contributed by atoms with E-state index in [0.29, 0.717) is 36.3 Å². The number of aryl methyl sites for hydroxylation is 2. The second-order valence-electron chi connectivity index (χ2n) is 9.63. The van der Waals surface area contributed by atoms with Crippen LogP contribution in [0.25, 0.3) is 0 Å². The molecule has 3 aliphatic rings. The summed E-state index contributed by atoms with van der Waals surface area (Å²) in [5.74, 6) is -1.75. The first-order chi connectivity index (χ1) is 17.2. The molecule has 10 nitrogen and oxygen atoms in total. The van der Waals surface area contributed by atoms with Crippen LogP contribution in [-0.2, 0) is 25.7 Å². The van der Waals surface area contributed by atoms with Crippen LogP contribution in [0.5, 0.6) is 5.75 Å². The van der Waals surface area contributed by atoms with E-state index in [1.807, 2.05) is 0 Å². The molecular weight excluding hydrogens is 467 g/mol. The molecule has 2 amide bonds. The molecular formula is C25H27FN6O4. The molecule has 0 unspecified atom stereocenters. The van der Waals surface area contributed by atoms with Gasteiger partial charge in [0.15, 0.2) is 5.69 Å². The lowest BCUT2D eigenvalue weighted by atomic mass is 9.77. The lowest BCUT2D eigenvalue weighted by Crippen LogP contribution is -2.50. The molecule has 0 atom stereocenters. The van der Waals surface area contributed by atoms with E-state index in [1.165, 1.54) is 33.5 Å². The van der Waals surface area contributed by atoms with Crippen LogP contribution >= 0.6 is 0 Å². The van der Waals surface area contributed by atoms with E-state index in [9.17, 15) is 23.9 Å². The van der Waals surface area contributed by atoms with E-state index >= 15 is 0 Å². The third kappa shape index (κ3) is 4.14. The number of hydrogen-bond donors (Lipinski definition) is 3. The molecule has 0 spiro atoms. The molecule has 3 N–H and O–H groups in total. The van der Waals surface area contributed by atoms with Gasteiger partial charge in [-0.3, -0.25) is 23.6 Å². The summed E-state index contributed by atoms with van der Waals surface area (Å²) in [6.45, 7) is 2.21. The van der Waals surface area contributed by atoms with Gasteiger partial charge in [0.1, 0.15) is 17.3 Å². The van der Waals surface area contributed by atoms with Crippen molar-refractivity contribution in [2.75, 3.05) is 0 Å². The van der Waals surface area contributed by atoms with Crippen LogP contribution in [0.4, 0.5) is 4.39 Å². The van der Waals surface area contributed by atoms with Gasteiger partial charge in [-0.15, -0.1) is 0 Å². The van der Waals surface area contributed by atoms with Crippen LogP contribution in [0.2, 0.25) is 0 Å². The molecule has 4 heterocycles. The Labute approximate surface area is 206 Å². The van der Waals surface area contributed by atoms with Gasteiger partial charge in [0.2, 0.25) is 5.75 Å². The van der Waals surface area contributed by atoms with Gasteiger partial charge >= 0.3 is 0 Å². The quantitative estimate of drug-likeness (QED) is 0.497. The standard InChI is InChI=1S/C25H27FN6O4/c1-14-11-18(31(2)30-14)21(34)29-25-9-7-16(8-10-25)13-32-23(36)20(33)19(28-24(25)32)22(35)27-12-15-3-5-17(26)6-4-15/h3-6,11,16,33H,7-10,12-13H2,1-2H3,(H,27,35)(H,29,34). The Morgan fingerprint density at radius 1 is 1.19 bits per heavy atom. The number of amides is 2. The van der Waals surface area contributed by atoms with E-state index < -0.39 is 34.3 Å². The first kappa shape index (κ1) is 23.7. The summed E-state index contributed by atoms with van der Waals surface area (Å²) in [6.07, 6.45) is 2.63. The largest absolute Gasteiger partial charge is 0.501 e. The van der Waals surface area contributed by atoms with Crippen molar-refractivity contribution in [2.45, 2.75) is 51.2 Å². The fourth-order valence-corrected chi connectivity index (χ4v) is 5.23. The Bertz CT molecular complexity index is 1400. The van der Waals surface area contributed by atoms with Crippen LogP contribution in [-0.4, -0.2) is 36.3 Å². The summed E-state index contributed by atoms with van der Waals surface area (Å²) >= 11 is 0. The van der Waals surface area contributed by atoms with Crippen molar-refractivity contribution in [1.82, 2.24) is 30.0 Å². The zero-order chi connectivity index (χ0) is 25.6. The highest BCUT2D eigenvalue weighted by Crippen LogP contribution is 2.43. The van der Waals surface area contributed by atoms with Gasteiger partial charge in [0, 0.05) is 20.1 Å². The topological polar surface area (TPSA) is 131 Å². The molecule has 0 saturated heterocycles. The second kappa shape index (κ2) is 8.89. The first-order valence-electron chi connectivity index (χ1n) is 11.9. The predicted molar refractivity (Wildman–Crippen MR) is 127 cm³/mol. The van der Waals surface area contributed by atoms with E-state index in [4.69, 9.17) is 0 Å². The van der Waals surface area contributed by atoms with Crippen LogP contribution in [0.15, 0.2) is 35.1 Å². The van der Waals surface area contributed by atoms with Crippen molar-refractivity contribution in [1.29, 1.82) is 0 Å². The average molecular weight is 495 g/mol. The zero-order valence-corrected chi connectivity index (χ0v) is 20.0. The summed E-state index contributed by atoms with van der Waals surface area (Å²) in [6, 6.07) is 7.29. The number of aromatic hydroxyl groups is 1. The van der Waals surface area contributed by atoms with Gasteiger partial charge in [-0.25, -0.2) is 9.37 Å². The van der Waals surface area contributed by atoms with Crippen molar-refractivity contribution in [3.05, 3.63) is 75.0 Å². The fourth-order valence-electron chi connectivity index (χ4n) is 5.23. The van der Waals surface area contributed by atoms with Crippen molar-refractivity contribution < 1.29 is 19.1 Å². The third-order valence-electron chi connectivity index (χ3n) is 7.14. The van der Waals surface area contributed by atoms with Crippen molar-refractivity contribution in [2.24, 2.45) is 13.0 Å². The summed E-state index contributed by atoms with van der Waals surface area (Å²) in [5.41, 5.74) is -0.368. The molecule has 2 aliphatic heterocycles. The molecule has 2 bridgehead atoms. The lowest BCUT2D eigenvalue weighted by molar-refractivity contribution is 0.0840. The molecule has 0 radical (unpaired) electrons. The van der Waals surface area contributed by atoms with Gasteiger partial charge < -0.3 is 15.7 Å². The van der Waals surface area contributed by atoms with Gasteiger partial charge in [-0.2, -0.15) is 5.10 Å². The number of nitrogens with one attached hydrogen (secondary N) is 2. The Morgan fingerprint density at radius 2 is 1.89 bits per heavy atom. The van der Waals surface area contributed by atoms with E-state index in [0.717, 1.165) is 12.8 Å². The monoisotopic (exact) mass is 494 g/mol. The maximum atomic E-state index is 13.3. The SMILES string of the molecule is Cc1cc(C(=O)NC23CCC(CC2)Cn2c3nc(C(=O)NCc3ccc(F)cc3)c(O)c2=O)n(C)n1. The first-order valence-corrected chi connectivity index (χ1v) is 11.9. The zero-order valence-electron chi connectivity index (χ0n) is 20.0. The minimum Gasteiger partial charge on any atom is -0.501 e. The third-order valence-corrected chi connectivity index (χ3v) is 7.14. The van der Waals surface area contributed by atoms with E-state index in [2.05, 4.69) is 20.7 Å². The lowest BCUT2D eigenvalue weighted by Gasteiger charge is -2.37. The number of carbonyl (C=O) groups is 2. The molecule has 1 aromatic carbocycles. The van der Waals surface area contributed by atoms with E-state index in [1.54, 1.807) is 20.0 Å². The minimum atomic E-state index is -0.971. The molecule has 6 rings (SSSR count). The highest BCUT2D eigenvalue weighted by molar-refractivity contribution is 5.95. The molecule has 1 aliphatic carbocycles. The normalized spacial score (nSPS) is 20.5. The van der Waals surface area contributed by atoms with Crippen molar-refractivity contribution >= 4 is 11.8 Å². The number of carbonyl (C=O) groups excluding carboxylic acids is 2. The van der Waals surface area contributed by atoms with Crippen LogP contribution < -0.4 is 16.2 Å². The summed E-state index contributed by atoms with van der Waals surface area (Å²) in [7, 11) is 1.68. The maximum Gasteiger partial charge on any atom is 0.296 e. The molecule has 1 fully saturated rings. The molecule has 188 valence electrons. The predicted octanol–water partition coefficient (Wildman–Crippen LogP) is 1.89. The van der Waals surface area contributed by atoms with Gasteiger partial charge in [0.05, 0.1) is 11.2 Å². The van der Waals surface area contributed by atoms with Crippen molar-refractivity contribution in [3.63, 3.8) is 0 Å². The van der Waals surface area contributed by atoms with E-state index in [-0.39, 0.29) is 24.2 Å². The number of halogens is 1. The van der Waals surface area contributed by atoms with Crippen LogP contribution in [0, 0.1) is 18.7 Å². The number of rotatable bonds is 5. The van der Waals surface area contributed by atoms with Crippen molar-refractivity contribution in [3.8, 4) is 5.75 Å².